The van der Waals surface area contributed by atoms with E-state index in [4.69, 9.17) is 127 Å². The first-order valence-electron chi connectivity index (χ1n) is 16.8. The summed E-state index contributed by atoms with van der Waals surface area (Å²) >= 11 is 34.8. The summed E-state index contributed by atoms with van der Waals surface area (Å²) in [4.78, 5) is 87.9. The number of nitrogens with one attached hydrogen (secondary N) is 2. The predicted molar refractivity (Wildman–Crippen MR) is 199 cm³/mol. The lowest BCUT2D eigenvalue weighted by atomic mass is 9.94. The summed E-state index contributed by atoms with van der Waals surface area (Å²) in [6, 6.07) is -1.83. The number of ether oxygens (including phenoxy) is 11. The van der Waals surface area contributed by atoms with E-state index in [1.807, 2.05) is 0 Å². The molecule has 0 aromatic heterocycles. The van der Waals surface area contributed by atoms with E-state index in [2.05, 4.69) is 5.32 Å². The number of esters is 6. The van der Waals surface area contributed by atoms with Crippen LogP contribution in [0.15, 0.2) is 0 Å². The Morgan fingerprint density at radius 1 is 0.586 bits per heavy atom. The molecule has 2 heterocycles. The summed E-state index contributed by atoms with van der Waals surface area (Å²) in [5.74, 6) is -6.59. The van der Waals surface area contributed by atoms with Gasteiger partial charge < -0.3 is 57.4 Å². The molecule has 0 aromatic rings. The average molecular weight is 955 g/mol. The SMILES string of the molecule is CC(=O)OC[C@H]1O[C@@H](O[C@H]2[C@H](OC(C)=O)[C@@H](NC(=O)OCC(Cl)(Cl)Cl)[C@H](OC(=N)C(Cl)(Cl)Cl)O[C@@H]2COC(=O)C(C)(C)C)[C@H](OC(C)=O)[C@@H](OC(C)=O)[C@H]1OC(C)=O. The van der Waals surface area contributed by atoms with Crippen molar-refractivity contribution in [3.05, 3.63) is 0 Å². The minimum Gasteiger partial charge on any atom is -0.463 e. The first kappa shape index (κ1) is 51.3. The van der Waals surface area contributed by atoms with Crippen molar-refractivity contribution in [1.29, 1.82) is 5.41 Å². The number of halogens is 6. The second-order valence-electron chi connectivity index (χ2n) is 13.4. The zero-order valence-corrected chi connectivity index (χ0v) is 36.5. The summed E-state index contributed by atoms with van der Waals surface area (Å²) in [5, 5.41) is 10.5. The molecular formula is C32H42Cl6N2O18. The molecule has 2 saturated heterocycles. The van der Waals surface area contributed by atoms with Gasteiger partial charge in [0.1, 0.15) is 44.2 Å². The molecule has 0 bridgehead atoms. The Bertz CT molecular complexity index is 1540. The van der Waals surface area contributed by atoms with Crippen LogP contribution in [-0.4, -0.2) is 137 Å². The van der Waals surface area contributed by atoms with Crippen LogP contribution in [-0.2, 0) is 80.9 Å². The lowest BCUT2D eigenvalue weighted by Gasteiger charge is -2.49. The molecule has 20 nitrogen and oxygen atoms in total. The maximum atomic E-state index is 13.1. The van der Waals surface area contributed by atoms with Crippen LogP contribution in [0, 0.1) is 10.8 Å². The van der Waals surface area contributed by atoms with Gasteiger partial charge in [0.05, 0.1) is 5.41 Å². The van der Waals surface area contributed by atoms with Crippen LogP contribution in [0.4, 0.5) is 4.79 Å². The molecule has 0 saturated carbocycles. The molecule has 58 heavy (non-hydrogen) atoms. The molecule has 0 aromatic carbocycles. The minimum atomic E-state index is -2.53. The molecule has 0 aliphatic carbocycles. The molecular weight excluding hydrogens is 913 g/mol. The van der Waals surface area contributed by atoms with Crippen molar-refractivity contribution >= 4 is 117 Å². The first-order chi connectivity index (χ1) is 26.5. The van der Waals surface area contributed by atoms with Crippen molar-refractivity contribution in [2.75, 3.05) is 19.8 Å². The molecule has 0 unspecified atom stereocenters. The van der Waals surface area contributed by atoms with E-state index in [1.165, 1.54) is 20.8 Å². The first-order valence-corrected chi connectivity index (χ1v) is 19.0. The van der Waals surface area contributed by atoms with Crippen molar-refractivity contribution in [3.63, 3.8) is 0 Å². The highest BCUT2D eigenvalue weighted by Gasteiger charge is 2.58. The standard InChI is InChI=1S/C32H42Cl6N2O18/c1-12(41)48-9-17-21(51-13(2)42)23(53-15(4)44)24(54-16(5)45)26(56-17)57-20-18(10-49-28(46)30(6,7)8)55-25(58-27(39)32(36,37)38)19(22(20)52-14(3)43)40-29(47)50-11-31(33,34)35/h17-26,39H,9-11H2,1-8H3,(H,40,47)/t17-,18-,19-,20-,21+,22-,23+,24-,25+,26+/m1/s1. The summed E-state index contributed by atoms with van der Waals surface area (Å²) in [7, 11) is 0. The molecule has 10 atom stereocenters. The van der Waals surface area contributed by atoms with Crippen LogP contribution in [0.2, 0.25) is 0 Å². The molecule has 2 aliphatic rings. The largest absolute Gasteiger partial charge is 0.463 e. The molecule has 2 fully saturated rings. The fourth-order valence-corrected chi connectivity index (χ4v) is 5.42. The van der Waals surface area contributed by atoms with E-state index in [0.29, 0.717) is 0 Å². The number of amides is 1. The molecule has 26 heteroatoms. The monoisotopic (exact) mass is 952 g/mol. The molecule has 2 rings (SSSR count). The van der Waals surface area contributed by atoms with Gasteiger partial charge in [-0.3, -0.25) is 34.2 Å². The number of hydrogen-bond donors (Lipinski definition) is 2. The van der Waals surface area contributed by atoms with E-state index in [0.717, 1.165) is 34.6 Å². The van der Waals surface area contributed by atoms with Gasteiger partial charge in [0.15, 0.2) is 30.7 Å². The number of alkyl halides is 6. The van der Waals surface area contributed by atoms with Crippen LogP contribution < -0.4 is 5.32 Å². The minimum absolute atomic E-state index is 0.660. The number of alkyl carbamates (subject to hydrolysis) is 1. The third kappa shape index (κ3) is 16.7. The topological polar surface area (TPSA) is 257 Å². The zero-order chi connectivity index (χ0) is 44.5. The van der Waals surface area contributed by atoms with E-state index < -0.39 is 142 Å². The Morgan fingerprint density at radius 2 is 1.05 bits per heavy atom. The molecule has 0 spiro atoms. The van der Waals surface area contributed by atoms with E-state index >= 15 is 0 Å². The van der Waals surface area contributed by atoms with Crippen molar-refractivity contribution in [3.8, 4) is 0 Å². The van der Waals surface area contributed by atoms with E-state index in [9.17, 15) is 33.6 Å². The Hall–Kier alpha value is -2.82. The fraction of sp³-hybridized carbons (Fsp3) is 0.750. The van der Waals surface area contributed by atoms with Gasteiger partial charge in [-0.15, -0.1) is 0 Å². The highest BCUT2D eigenvalue weighted by molar-refractivity contribution is 6.76. The Balaban J connectivity index is 2.88. The van der Waals surface area contributed by atoms with Crippen molar-refractivity contribution in [1.82, 2.24) is 5.32 Å². The lowest BCUT2D eigenvalue weighted by Crippen LogP contribution is -2.69. The van der Waals surface area contributed by atoms with Gasteiger partial charge in [0, 0.05) is 34.6 Å². The maximum Gasteiger partial charge on any atom is 0.407 e. The van der Waals surface area contributed by atoms with Gasteiger partial charge in [0.2, 0.25) is 16.0 Å². The van der Waals surface area contributed by atoms with Gasteiger partial charge in [-0.1, -0.05) is 69.6 Å². The van der Waals surface area contributed by atoms with Crippen molar-refractivity contribution < 1.29 is 85.7 Å². The Labute approximate surface area is 361 Å². The fourth-order valence-electron chi connectivity index (χ4n) is 5.12. The van der Waals surface area contributed by atoms with Crippen molar-refractivity contribution in [2.24, 2.45) is 5.41 Å². The van der Waals surface area contributed by atoms with E-state index in [-0.39, 0.29) is 0 Å². The van der Waals surface area contributed by atoms with Gasteiger partial charge in [0.25, 0.3) is 3.79 Å². The summed E-state index contributed by atoms with van der Waals surface area (Å²) < 4.78 is 56.9. The van der Waals surface area contributed by atoms with Crippen LogP contribution in [0.3, 0.4) is 0 Å². The smallest absolute Gasteiger partial charge is 0.407 e. The van der Waals surface area contributed by atoms with Crippen LogP contribution in [0.5, 0.6) is 0 Å². The third-order valence-electron chi connectivity index (χ3n) is 7.32. The van der Waals surface area contributed by atoms with Crippen LogP contribution in [0.1, 0.15) is 55.4 Å². The molecule has 330 valence electrons. The Kier molecular flexibility index (Phi) is 19.1. The van der Waals surface area contributed by atoms with Crippen LogP contribution >= 0.6 is 69.6 Å². The molecule has 1 amide bonds. The number of hydrogen-bond acceptors (Lipinski definition) is 19. The summed E-state index contributed by atoms with van der Waals surface area (Å²) in [5.41, 5.74) is -1.09. The highest BCUT2D eigenvalue weighted by Crippen LogP contribution is 2.37. The Morgan fingerprint density at radius 3 is 1.53 bits per heavy atom. The normalized spacial score (nSPS) is 27.5. The lowest BCUT2D eigenvalue weighted by molar-refractivity contribution is -0.346. The number of carbonyl (C=O) groups excluding carboxylic acids is 7. The van der Waals surface area contributed by atoms with Gasteiger partial charge in [-0.05, 0) is 20.8 Å². The summed E-state index contributed by atoms with van der Waals surface area (Å²) in [6.45, 7) is 7.33. The summed E-state index contributed by atoms with van der Waals surface area (Å²) in [6.07, 6.45) is -17.3. The highest BCUT2D eigenvalue weighted by atomic mass is 35.6. The third-order valence-corrected chi connectivity index (χ3v) is 8.16. The molecule has 2 N–H and O–H groups in total. The number of rotatable bonds is 13. The molecule has 2 aliphatic heterocycles. The van der Waals surface area contributed by atoms with Crippen molar-refractivity contribution in [2.45, 2.75) is 124 Å². The second-order valence-corrected chi connectivity index (χ2v) is 18.2. The predicted octanol–water partition coefficient (Wildman–Crippen LogP) is 3.53. The van der Waals surface area contributed by atoms with Gasteiger partial charge in [-0.2, -0.15) is 0 Å². The van der Waals surface area contributed by atoms with Crippen LogP contribution in [0.25, 0.3) is 0 Å². The quantitative estimate of drug-likeness (QED) is 0.0880. The van der Waals surface area contributed by atoms with E-state index in [1.54, 1.807) is 0 Å². The zero-order valence-electron chi connectivity index (χ0n) is 32.0. The maximum absolute atomic E-state index is 13.1. The number of carbonyl (C=O) groups is 7. The second kappa shape index (κ2) is 21.6. The average Bonchev–Trinajstić information content (AvgIpc) is 3.04. The van der Waals surface area contributed by atoms with Gasteiger partial charge >= 0.3 is 41.9 Å². The van der Waals surface area contributed by atoms with Gasteiger partial charge in [-0.25, -0.2) is 4.79 Å². The molecule has 0 radical (unpaired) electrons.